The van der Waals surface area contributed by atoms with Crippen LogP contribution in [0.2, 0.25) is 5.02 Å². The maximum Gasteiger partial charge on any atom is 0.232 e. The maximum atomic E-state index is 11.9. The first-order valence-corrected chi connectivity index (χ1v) is 8.79. The van der Waals surface area contributed by atoms with E-state index in [-0.39, 0.29) is 5.75 Å². The Hall–Kier alpha value is -1.53. The van der Waals surface area contributed by atoms with Crippen LogP contribution in [-0.4, -0.2) is 24.0 Å². The van der Waals surface area contributed by atoms with E-state index in [0.717, 1.165) is 12.0 Å². The molecule has 0 spiro atoms. The molecule has 1 heterocycles. The van der Waals surface area contributed by atoms with Crippen LogP contribution in [0.25, 0.3) is 0 Å². The van der Waals surface area contributed by atoms with Crippen molar-refractivity contribution in [1.29, 1.82) is 0 Å². The summed E-state index contributed by atoms with van der Waals surface area (Å²) in [5, 5.41) is 4.68. The molecule has 0 saturated carbocycles. The van der Waals surface area contributed by atoms with Crippen molar-refractivity contribution in [2.45, 2.75) is 26.3 Å². The second-order valence-electron chi connectivity index (χ2n) is 4.83. The van der Waals surface area contributed by atoms with Crippen LogP contribution in [0.1, 0.15) is 25.3 Å². The second-order valence-corrected chi connectivity index (χ2v) is 7.11. The summed E-state index contributed by atoms with van der Waals surface area (Å²) in [4.78, 5) is 0. The number of sulfonamides is 1. The van der Waals surface area contributed by atoms with Crippen molar-refractivity contribution < 1.29 is 8.42 Å². The summed E-state index contributed by atoms with van der Waals surface area (Å²) in [5.74, 6) is 0.141. The summed E-state index contributed by atoms with van der Waals surface area (Å²) in [5.41, 5.74) is 1.52. The molecule has 0 aliphatic carbocycles. The number of benzene rings is 1. The Morgan fingerprint density at radius 1 is 1.38 bits per heavy atom. The minimum atomic E-state index is -3.28. The molecule has 0 aliphatic heterocycles. The van der Waals surface area contributed by atoms with Crippen LogP contribution in [-0.2, 0) is 16.6 Å². The molecule has 1 N–H and O–H groups in total. The van der Waals surface area contributed by atoms with Crippen LogP contribution in [0.15, 0.2) is 36.7 Å². The van der Waals surface area contributed by atoms with Crippen LogP contribution < -0.4 is 4.72 Å². The summed E-state index contributed by atoms with van der Waals surface area (Å²) < 4.78 is 28.1. The highest BCUT2D eigenvalue weighted by molar-refractivity contribution is 7.92. The summed E-state index contributed by atoms with van der Waals surface area (Å²) >= 11 is 5.82. The number of anilines is 1. The maximum absolute atomic E-state index is 11.9. The van der Waals surface area contributed by atoms with Gasteiger partial charge in [0.15, 0.2) is 0 Å². The van der Waals surface area contributed by atoms with Crippen LogP contribution in [0, 0.1) is 0 Å². The molecule has 0 radical (unpaired) electrons. The fourth-order valence-corrected chi connectivity index (χ4v) is 3.32. The number of hydrogen-bond acceptors (Lipinski definition) is 3. The fourth-order valence-electron chi connectivity index (χ4n) is 1.91. The standard InChI is InChI=1S/C14H18ClN3O2S/c1-2-3-7-21(19,20)17-14-6-4-5-12(8-14)10-18-11-13(15)9-16-18/h4-6,8-9,11,17H,2-3,7,10H2,1H3. The number of rotatable bonds is 7. The number of hydrogen-bond donors (Lipinski definition) is 1. The van der Waals surface area contributed by atoms with Gasteiger partial charge in [-0.3, -0.25) is 9.40 Å². The van der Waals surface area contributed by atoms with Gasteiger partial charge in [-0.2, -0.15) is 5.10 Å². The first-order chi connectivity index (χ1) is 9.98. The van der Waals surface area contributed by atoms with E-state index in [4.69, 9.17) is 11.6 Å². The zero-order chi connectivity index (χ0) is 15.3. The predicted octanol–water partition coefficient (Wildman–Crippen LogP) is 3.13. The van der Waals surface area contributed by atoms with Gasteiger partial charge >= 0.3 is 0 Å². The van der Waals surface area contributed by atoms with Crippen molar-refractivity contribution in [1.82, 2.24) is 9.78 Å². The molecular weight excluding hydrogens is 310 g/mol. The topological polar surface area (TPSA) is 64.0 Å². The van der Waals surface area contributed by atoms with Gasteiger partial charge < -0.3 is 0 Å². The van der Waals surface area contributed by atoms with Gasteiger partial charge in [0, 0.05) is 11.9 Å². The van der Waals surface area contributed by atoms with Crippen molar-refractivity contribution in [2.75, 3.05) is 10.5 Å². The minimum absolute atomic E-state index is 0.141. The summed E-state index contributed by atoms with van der Waals surface area (Å²) in [6.07, 6.45) is 4.79. The molecule has 0 atom stereocenters. The van der Waals surface area contributed by atoms with Crippen LogP contribution >= 0.6 is 11.6 Å². The highest BCUT2D eigenvalue weighted by atomic mass is 35.5. The Labute approximate surface area is 130 Å². The van der Waals surface area contributed by atoms with Gasteiger partial charge in [-0.15, -0.1) is 0 Å². The zero-order valence-electron chi connectivity index (χ0n) is 11.8. The Bertz CT molecular complexity index is 698. The average molecular weight is 328 g/mol. The quantitative estimate of drug-likeness (QED) is 0.849. The lowest BCUT2D eigenvalue weighted by Crippen LogP contribution is -2.16. The van der Waals surface area contributed by atoms with Crippen LogP contribution in [0.4, 0.5) is 5.69 Å². The molecule has 7 heteroatoms. The molecule has 0 unspecified atom stereocenters. The SMILES string of the molecule is CCCCS(=O)(=O)Nc1cccc(Cn2cc(Cl)cn2)c1. The van der Waals surface area contributed by atoms with E-state index in [1.807, 2.05) is 19.1 Å². The Kier molecular flexibility index (Phi) is 5.25. The van der Waals surface area contributed by atoms with Gasteiger partial charge in [0.2, 0.25) is 10.0 Å². The van der Waals surface area contributed by atoms with Crippen molar-refractivity contribution in [2.24, 2.45) is 0 Å². The molecule has 0 saturated heterocycles. The Morgan fingerprint density at radius 3 is 2.86 bits per heavy atom. The van der Waals surface area contributed by atoms with Crippen molar-refractivity contribution >= 4 is 27.3 Å². The second kappa shape index (κ2) is 6.95. The van der Waals surface area contributed by atoms with E-state index in [1.54, 1.807) is 29.2 Å². The van der Waals surface area contributed by atoms with E-state index < -0.39 is 10.0 Å². The molecule has 2 aromatic rings. The third-order valence-corrected chi connectivity index (χ3v) is 4.48. The Morgan fingerprint density at radius 2 is 2.19 bits per heavy atom. The van der Waals surface area contributed by atoms with E-state index in [9.17, 15) is 8.42 Å². The van der Waals surface area contributed by atoms with Gasteiger partial charge in [-0.1, -0.05) is 37.1 Å². The van der Waals surface area contributed by atoms with E-state index >= 15 is 0 Å². The van der Waals surface area contributed by atoms with Crippen molar-refractivity contribution in [3.8, 4) is 0 Å². The molecular formula is C14H18ClN3O2S. The number of nitrogens with one attached hydrogen (secondary N) is 1. The number of aromatic nitrogens is 2. The predicted molar refractivity (Wildman–Crippen MR) is 85.1 cm³/mol. The highest BCUT2D eigenvalue weighted by Crippen LogP contribution is 2.15. The summed E-state index contributed by atoms with van der Waals surface area (Å²) in [7, 11) is -3.28. The van der Waals surface area contributed by atoms with Crippen molar-refractivity contribution in [3.63, 3.8) is 0 Å². The molecule has 1 aromatic carbocycles. The van der Waals surface area contributed by atoms with E-state index in [0.29, 0.717) is 23.7 Å². The lowest BCUT2D eigenvalue weighted by molar-refractivity contribution is 0.598. The molecule has 21 heavy (non-hydrogen) atoms. The molecule has 0 aliphatic rings. The number of unbranched alkanes of at least 4 members (excludes halogenated alkanes) is 1. The van der Waals surface area contributed by atoms with Gasteiger partial charge in [0.1, 0.15) is 0 Å². The van der Waals surface area contributed by atoms with E-state index in [2.05, 4.69) is 9.82 Å². The number of nitrogens with zero attached hydrogens (tertiary/aromatic N) is 2. The van der Waals surface area contributed by atoms with Gasteiger partial charge in [-0.25, -0.2) is 8.42 Å². The molecule has 0 fully saturated rings. The number of halogens is 1. The van der Waals surface area contributed by atoms with Crippen LogP contribution in [0.5, 0.6) is 0 Å². The summed E-state index contributed by atoms with van der Waals surface area (Å²) in [6, 6.07) is 7.28. The molecule has 0 amide bonds. The lowest BCUT2D eigenvalue weighted by atomic mass is 10.2. The van der Waals surface area contributed by atoms with Crippen LogP contribution in [0.3, 0.4) is 0 Å². The molecule has 1 aromatic heterocycles. The first kappa shape index (κ1) is 15.9. The van der Waals surface area contributed by atoms with E-state index in [1.165, 1.54) is 0 Å². The fraction of sp³-hybridized carbons (Fsp3) is 0.357. The Balaban J connectivity index is 2.07. The highest BCUT2D eigenvalue weighted by Gasteiger charge is 2.09. The monoisotopic (exact) mass is 327 g/mol. The van der Waals surface area contributed by atoms with Gasteiger partial charge in [0.25, 0.3) is 0 Å². The minimum Gasteiger partial charge on any atom is -0.284 e. The third-order valence-electron chi connectivity index (χ3n) is 2.91. The normalized spacial score (nSPS) is 11.5. The zero-order valence-corrected chi connectivity index (χ0v) is 13.4. The molecule has 0 bridgehead atoms. The van der Waals surface area contributed by atoms with Crippen molar-refractivity contribution in [3.05, 3.63) is 47.2 Å². The average Bonchev–Trinajstić information content (AvgIpc) is 2.82. The smallest absolute Gasteiger partial charge is 0.232 e. The van der Waals surface area contributed by atoms with Gasteiger partial charge in [0.05, 0.1) is 23.5 Å². The molecule has 2 rings (SSSR count). The third kappa shape index (κ3) is 5.06. The largest absolute Gasteiger partial charge is 0.284 e. The molecule has 5 nitrogen and oxygen atoms in total. The molecule has 114 valence electrons. The summed E-state index contributed by atoms with van der Waals surface area (Å²) in [6.45, 7) is 2.50. The van der Waals surface area contributed by atoms with Gasteiger partial charge in [-0.05, 0) is 24.1 Å². The first-order valence-electron chi connectivity index (χ1n) is 6.76. The lowest BCUT2D eigenvalue weighted by Gasteiger charge is -2.09.